The quantitative estimate of drug-likeness (QED) is 0.807. The molecular formula is C17H16N4O2. The minimum atomic E-state index is -0.0593. The summed E-state index contributed by atoms with van der Waals surface area (Å²) in [6, 6.07) is 9.44. The van der Waals surface area contributed by atoms with E-state index in [9.17, 15) is 4.79 Å². The number of carbonyl (C=O) groups excluding carboxylic acids is 1. The van der Waals surface area contributed by atoms with Crippen LogP contribution >= 0.6 is 0 Å². The fourth-order valence-corrected chi connectivity index (χ4v) is 2.77. The average Bonchev–Trinajstić information content (AvgIpc) is 3.15. The van der Waals surface area contributed by atoms with Crippen molar-refractivity contribution in [1.29, 1.82) is 0 Å². The maximum absolute atomic E-state index is 12.5. The molecule has 6 heteroatoms. The summed E-state index contributed by atoms with van der Waals surface area (Å²) in [7, 11) is 0. The molecule has 0 aromatic carbocycles. The molecular weight excluding hydrogens is 292 g/mol. The van der Waals surface area contributed by atoms with E-state index in [2.05, 4.69) is 15.2 Å². The fraction of sp³-hybridized carbons (Fsp3) is 0.235. The summed E-state index contributed by atoms with van der Waals surface area (Å²) in [5.74, 6) is 1.81. The third kappa shape index (κ3) is 2.52. The Balaban J connectivity index is 1.44. The Kier molecular flexibility index (Phi) is 3.22. The predicted octanol–water partition coefficient (Wildman–Crippen LogP) is 2.61. The number of furan rings is 1. The molecule has 1 saturated heterocycles. The molecule has 0 bridgehead atoms. The predicted molar refractivity (Wildman–Crippen MR) is 83.9 cm³/mol. The van der Waals surface area contributed by atoms with Crippen molar-refractivity contribution in [3.05, 3.63) is 59.7 Å². The molecule has 0 unspecified atom stereocenters. The third-order valence-corrected chi connectivity index (χ3v) is 4.13. The number of nitrogens with zero attached hydrogens (tertiary/aromatic N) is 3. The molecule has 0 spiro atoms. The van der Waals surface area contributed by atoms with Gasteiger partial charge in [-0.1, -0.05) is 6.07 Å². The Hall–Kier alpha value is -2.89. The molecule has 3 aromatic heterocycles. The van der Waals surface area contributed by atoms with Gasteiger partial charge in [-0.15, -0.1) is 0 Å². The highest BCUT2D eigenvalue weighted by atomic mass is 16.3. The minimum Gasteiger partial charge on any atom is -0.460 e. The zero-order chi connectivity index (χ0) is 15.8. The summed E-state index contributed by atoms with van der Waals surface area (Å²) < 4.78 is 5.54. The minimum absolute atomic E-state index is 0.0593. The van der Waals surface area contributed by atoms with Crippen LogP contribution in [0.25, 0.3) is 11.5 Å². The van der Waals surface area contributed by atoms with E-state index in [0.717, 1.165) is 5.76 Å². The number of nitrogens with one attached hydrogen (secondary N) is 1. The van der Waals surface area contributed by atoms with Gasteiger partial charge >= 0.3 is 0 Å². The lowest BCUT2D eigenvalue weighted by molar-refractivity contribution is 0.0596. The summed E-state index contributed by atoms with van der Waals surface area (Å²) in [5, 5.41) is 6.97. The van der Waals surface area contributed by atoms with Crippen LogP contribution in [0.5, 0.6) is 0 Å². The normalized spacial score (nSPS) is 14.7. The Morgan fingerprint density at radius 3 is 2.91 bits per heavy atom. The molecule has 3 aromatic rings. The lowest BCUT2D eigenvalue weighted by Gasteiger charge is -2.38. The third-order valence-electron chi connectivity index (χ3n) is 4.13. The highest BCUT2D eigenvalue weighted by Crippen LogP contribution is 2.28. The number of H-pyrrole nitrogens is 1. The maximum Gasteiger partial charge on any atom is 0.274 e. The molecule has 0 aliphatic carbocycles. The van der Waals surface area contributed by atoms with Gasteiger partial charge in [0.2, 0.25) is 0 Å². The Morgan fingerprint density at radius 1 is 1.35 bits per heavy atom. The molecule has 1 fully saturated rings. The van der Waals surface area contributed by atoms with E-state index < -0.39 is 0 Å². The van der Waals surface area contributed by atoms with E-state index in [0.29, 0.717) is 36.2 Å². The molecule has 4 heterocycles. The molecule has 1 aliphatic rings. The van der Waals surface area contributed by atoms with Crippen LogP contribution in [0, 0.1) is 6.92 Å². The second kappa shape index (κ2) is 5.39. The average molecular weight is 308 g/mol. The van der Waals surface area contributed by atoms with Crippen LogP contribution in [0.1, 0.15) is 27.7 Å². The first-order valence-electron chi connectivity index (χ1n) is 7.52. The molecule has 0 radical (unpaired) electrons. The molecule has 1 aliphatic heterocycles. The highest BCUT2D eigenvalue weighted by molar-refractivity contribution is 5.93. The van der Waals surface area contributed by atoms with Crippen LogP contribution in [0.15, 0.2) is 47.1 Å². The first kappa shape index (κ1) is 13.8. The van der Waals surface area contributed by atoms with Crippen molar-refractivity contribution in [2.75, 3.05) is 13.1 Å². The van der Waals surface area contributed by atoms with E-state index in [1.54, 1.807) is 17.2 Å². The second-order valence-electron chi connectivity index (χ2n) is 5.77. The van der Waals surface area contributed by atoms with Crippen LogP contribution in [0.4, 0.5) is 0 Å². The first-order chi connectivity index (χ1) is 11.2. The number of hydrogen-bond donors (Lipinski definition) is 1. The molecule has 116 valence electrons. The number of carbonyl (C=O) groups is 1. The van der Waals surface area contributed by atoms with Crippen molar-refractivity contribution < 1.29 is 9.21 Å². The zero-order valence-electron chi connectivity index (χ0n) is 12.7. The summed E-state index contributed by atoms with van der Waals surface area (Å²) in [4.78, 5) is 18.4. The van der Waals surface area contributed by atoms with Crippen molar-refractivity contribution in [3.8, 4) is 11.5 Å². The number of amides is 1. The monoisotopic (exact) mass is 308 g/mol. The summed E-state index contributed by atoms with van der Waals surface area (Å²) >= 11 is 0. The highest BCUT2D eigenvalue weighted by Gasteiger charge is 2.33. The SMILES string of the molecule is Cc1ccc(-c2cc(C(=O)N3CC(c4cccnc4)C3)n[nH]2)o1. The number of aryl methyl sites for hydroxylation is 1. The van der Waals surface area contributed by atoms with Gasteiger partial charge in [0.1, 0.15) is 11.5 Å². The number of aromatic nitrogens is 3. The lowest BCUT2D eigenvalue weighted by Crippen LogP contribution is -2.48. The van der Waals surface area contributed by atoms with E-state index in [-0.39, 0.29) is 5.91 Å². The number of likely N-dealkylation sites (tertiary alicyclic amines) is 1. The van der Waals surface area contributed by atoms with E-state index in [4.69, 9.17) is 4.42 Å². The molecule has 0 saturated carbocycles. The van der Waals surface area contributed by atoms with Gasteiger partial charge in [0, 0.05) is 37.5 Å². The van der Waals surface area contributed by atoms with Gasteiger partial charge in [0.05, 0.1) is 0 Å². The van der Waals surface area contributed by atoms with Gasteiger partial charge in [-0.2, -0.15) is 5.10 Å². The van der Waals surface area contributed by atoms with Gasteiger partial charge in [0.15, 0.2) is 11.5 Å². The van der Waals surface area contributed by atoms with Gasteiger partial charge < -0.3 is 9.32 Å². The van der Waals surface area contributed by atoms with E-state index >= 15 is 0 Å². The van der Waals surface area contributed by atoms with Gasteiger partial charge in [0.25, 0.3) is 5.91 Å². The van der Waals surface area contributed by atoms with Gasteiger partial charge in [-0.3, -0.25) is 14.9 Å². The summed E-state index contributed by atoms with van der Waals surface area (Å²) in [5.41, 5.74) is 2.30. The van der Waals surface area contributed by atoms with Crippen molar-refractivity contribution in [1.82, 2.24) is 20.1 Å². The molecule has 1 N–H and O–H groups in total. The van der Waals surface area contributed by atoms with Gasteiger partial charge in [-0.05, 0) is 30.7 Å². The molecule has 0 atom stereocenters. The molecule has 23 heavy (non-hydrogen) atoms. The van der Waals surface area contributed by atoms with Crippen LogP contribution in [0.3, 0.4) is 0 Å². The van der Waals surface area contributed by atoms with Gasteiger partial charge in [-0.25, -0.2) is 0 Å². The number of rotatable bonds is 3. The van der Waals surface area contributed by atoms with Crippen LogP contribution < -0.4 is 0 Å². The van der Waals surface area contributed by atoms with Crippen LogP contribution in [-0.2, 0) is 0 Å². The van der Waals surface area contributed by atoms with Crippen LogP contribution in [0.2, 0.25) is 0 Å². The maximum atomic E-state index is 12.5. The number of pyridine rings is 1. The van der Waals surface area contributed by atoms with Crippen molar-refractivity contribution in [3.63, 3.8) is 0 Å². The Morgan fingerprint density at radius 2 is 2.22 bits per heavy atom. The number of aromatic amines is 1. The molecule has 1 amide bonds. The zero-order valence-corrected chi connectivity index (χ0v) is 12.7. The van der Waals surface area contributed by atoms with E-state index in [1.807, 2.05) is 37.4 Å². The smallest absolute Gasteiger partial charge is 0.274 e. The van der Waals surface area contributed by atoms with Crippen LogP contribution in [-0.4, -0.2) is 39.1 Å². The fourth-order valence-electron chi connectivity index (χ4n) is 2.77. The Labute approximate surface area is 133 Å². The number of hydrogen-bond acceptors (Lipinski definition) is 4. The van der Waals surface area contributed by atoms with Crippen molar-refractivity contribution >= 4 is 5.91 Å². The lowest BCUT2D eigenvalue weighted by atomic mass is 9.92. The largest absolute Gasteiger partial charge is 0.460 e. The molecule has 4 rings (SSSR count). The van der Waals surface area contributed by atoms with Crippen molar-refractivity contribution in [2.45, 2.75) is 12.8 Å². The summed E-state index contributed by atoms with van der Waals surface area (Å²) in [6.07, 6.45) is 3.62. The standard InChI is InChI=1S/C17H16N4O2/c1-11-4-5-16(23-11)14-7-15(20-19-14)17(22)21-9-13(10-21)12-3-2-6-18-8-12/h2-8,13H,9-10H2,1H3,(H,19,20). The topological polar surface area (TPSA) is 75.0 Å². The van der Waals surface area contributed by atoms with Crippen molar-refractivity contribution in [2.24, 2.45) is 0 Å². The molecule has 6 nitrogen and oxygen atoms in total. The second-order valence-corrected chi connectivity index (χ2v) is 5.77. The van der Waals surface area contributed by atoms with E-state index in [1.165, 1.54) is 5.56 Å². The first-order valence-corrected chi connectivity index (χ1v) is 7.52. The Bertz CT molecular complexity index is 831. The summed E-state index contributed by atoms with van der Waals surface area (Å²) in [6.45, 7) is 3.28.